The number of hydrogen-bond acceptors (Lipinski definition) is 5. The Hall–Kier alpha value is -2.05. The second-order valence-corrected chi connectivity index (χ2v) is 9.19. The molecule has 0 radical (unpaired) electrons. The highest BCUT2D eigenvalue weighted by Gasteiger charge is 2.41. The number of amides is 1. The van der Waals surface area contributed by atoms with Gasteiger partial charge in [-0.3, -0.25) is 4.79 Å². The van der Waals surface area contributed by atoms with Gasteiger partial charge in [0.25, 0.3) is 5.91 Å². The van der Waals surface area contributed by atoms with Crippen LogP contribution < -0.4 is 16.1 Å². The van der Waals surface area contributed by atoms with Gasteiger partial charge in [-0.1, -0.05) is 0 Å². The van der Waals surface area contributed by atoms with Gasteiger partial charge in [-0.25, -0.2) is 4.79 Å². The van der Waals surface area contributed by atoms with Crippen LogP contribution in [0.3, 0.4) is 0 Å². The quantitative estimate of drug-likeness (QED) is 0.726. The Morgan fingerprint density at radius 2 is 1.81 bits per heavy atom. The van der Waals surface area contributed by atoms with Crippen LogP contribution in [-0.2, 0) is 17.6 Å². The van der Waals surface area contributed by atoms with Crippen LogP contribution in [0.15, 0.2) is 27.4 Å². The van der Waals surface area contributed by atoms with Gasteiger partial charge in [0, 0.05) is 35.1 Å². The standard InChI is InChI=1S/C24H30N2O4.ClH/c1-14(23(27)26-16-5-4-6-17(26)12-15(25)11-16)29-18-9-10-20-19-7-2-3-8-21(19)24(28)30-22(20)13-18;/h9-10,13-17H,2-8,11-12,25H2,1H3;1H/t14?,15?,16-,17+;. The molecule has 5 rings (SSSR count). The average molecular weight is 447 g/mol. The van der Waals surface area contributed by atoms with Crippen LogP contribution in [0.25, 0.3) is 11.0 Å². The predicted octanol–water partition coefficient (Wildman–Crippen LogP) is 3.73. The number of hydrogen-bond donors (Lipinski definition) is 1. The van der Waals surface area contributed by atoms with E-state index in [1.165, 1.54) is 0 Å². The number of rotatable bonds is 3. The molecule has 2 aliphatic heterocycles. The first kappa shape index (κ1) is 22.2. The number of halogens is 1. The van der Waals surface area contributed by atoms with E-state index in [1.807, 2.05) is 17.0 Å². The molecule has 2 fully saturated rings. The van der Waals surface area contributed by atoms with Crippen LogP contribution in [0.4, 0.5) is 0 Å². The summed E-state index contributed by atoms with van der Waals surface area (Å²) in [6.45, 7) is 1.81. The van der Waals surface area contributed by atoms with Crippen molar-refractivity contribution in [2.75, 3.05) is 0 Å². The lowest BCUT2D eigenvalue weighted by molar-refractivity contribution is -0.148. The van der Waals surface area contributed by atoms with Crippen LogP contribution in [0.1, 0.15) is 63.0 Å². The van der Waals surface area contributed by atoms with E-state index in [1.54, 1.807) is 13.0 Å². The lowest BCUT2D eigenvalue weighted by Gasteiger charge is -2.48. The molecule has 2 unspecified atom stereocenters. The van der Waals surface area contributed by atoms with Gasteiger partial charge in [-0.2, -0.15) is 0 Å². The number of ether oxygens (including phenoxy) is 1. The second kappa shape index (κ2) is 8.83. The largest absolute Gasteiger partial charge is 0.481 e. The summed E-state index contributed by atoms with van der Waals surface area (Å²) in [6, 6.07) is 6.24. The number of piperidine rings is 2. The number of nitrogens with two attached hydrogens (primary N) is 1. The first-order valence-corrected chi connectivity index (χ1v) is 11.3. The average Bonchev–Trinajstić information content (AvgIpc) is 2.72. The molecule has 168 valence electrons. The summed E-state index contributed by atoms with van der Waals surface area (Å²) in [6.07, 6.45) is 8.20. The van der Waals surface area contributed by atoms with Crippen LogP contribution in [0.2, 0.25) is 0 Å². The van der Waals surface area contributed by atoms with Crippen molar-refractivity contribution < 1.29 is 13.9 Å². The zero-order valence-electron chi connectivity index (χ0n) is 18.0. The molecule has 2 saturated heterocycles. The minimum atomic E-state index is -0.593. The molecule has 0 spiro atoms. The fourth-order valence-electron chi connectivity index (χ4n) is 5.75. The predicted molar refractivity (Wildman–Crippen MR) is 122 cm³/mol. The van der Waals surface area contributed by atoms with Crippen molar-refractivity contribution in [2.45, 2.75) is 88.9 Å². The minimum absolute atomic E-state index is 0. The summed E-state index contributed by atoms with van der Waals surface area (Å²) in [5, 5.41) is 0.982. The molecule has 3 heterocycles. The Labute approximate surface area is 188 Å². The Bertz CT molecular complexity index is 1020. The maximum atomic E-state index is 13.2. The minimum Gasteiger partial charge on any atom is -0.481 e. The zero-order chi connectivity index (χ0) is 20.8. The summed E-state index contributed by atoms with van der Waals surface area (Å²) in [4.78, 5) is 27.6. The van der Waals surface area contributed by atoms with E-state index < -0.39 is 6.10 Å². The molecule has 1 amide bonds. The van der Waals surface area contributed by atoms with E-state index >= 15 is 0 Å². The van der Waals surface area contributed by atoms with E-state index in [0.29, 0.717) is 11.3 Å². The molecule has 2 N–H and O–H groups in total. The smallest absolute Gasteiger partial charge is 0.339 e. The number of nitrogens with zero attached hydrogens (tertiary/aromatic N) is 1. The molecule has 31 heavy (non-hydrogen) atoms. The Balaban J connectivity index is 0.00000231. The number of carbonyl (C=O) groups is 1. The highest BCUT2D eigenvalue weighted by atomic mass is 35.5. The van der Waals surface area contributed by atoms with Gasteiger partial charge in [-0.05, 0) is 82.4 Å². The van der Waals surface area contributed by atoms with Gasteiger partial charge in [-0.15, -0.1) is 12.4 Å². The molecule has 3 aliphatic rings. The van der Waals surface area contributed by atoms with Crippen LogP contribution >= 0.6 is 12.4 Å². The van der Waals surface area contributed by atoms with Crippen molar-refractivity contribution in [1.82, 2.24) is 4.90 Å². The van der Waals surface area contributed by atoms with Crippen molar-refractivity contribution in [2.24, 2.45) is 5.73 Å². The number of aryl methyl sites for hydroxylation is 1. The molecular formula is C24H31ClN2O4. The third-order valence-corrected chi connectivity index (χ3v) is 7.12. The van der Waals surface area contributed by atoms with Crippen molar-refractivity contribution in [3.63, 3.8) is 0 Å². The molecule has 1 aliphatic carbocycles. The first-order chi connectivity index (χ1) is 14.5. The highest BCUT2D eigenvalue weighted by molar-refractivity contribution is 5.85. The zero-order valence-corrected chi connectivity index (χ0v) is 18.8. The van der Waals surface area contributed by atoms with Gasteiger partial charge in [0.2, 0.25) is 0 Å². The van der Waals surface area contributed by atoms with Gasteiger partial charge < -0.3 is 19.8 Å². The molecule has 7 heteroatoms. The van der Waals surface area contributed by atoms with Crippen LogP contribution in [0.5, 0.6) is 5.75 Å². The van der Waals surface area contributed by atoms with E-state index in [4.69, 9.17) is 14.9 Å². The van der Waals surface area contributed by atoms with Gasteiger partial charge in [0.15, 0.2) is 6.10 Å². The van der Waals surface area contributed by atoms with Gasteiger partial charge >= 0.3 is 5.63 Å². The van der Waals surface area contributed by atoms with Crippen molar-refractivity contribution >= 4 is 29.3 Å². The summed E-state index contributed by atoms with van der Waals surface area (Å²) < 4.78 is 11.6. The third kappa shape index (κ3) is 4.08. The van der Waals surface area contributed by atoms with Crippen molar-refractivity contribution in [1.29, 1.82) is 0 Å². The van der Waals surface area contributed by atoms with Gasteiger partial charge in [0.1, 0.15) is 11.3 Å². The number of benzene rings is 1. The van der Waals surface area contributed by atoms with E-state index in [9.17, 15) is 9.59 Å². The number of fused-ring (bicyclic) bond motifs is 5. The summed E-state index contributed by atoms with van der Waals surface area (Å²) in [5.74, 6) is 0.588. The normalized spacial score (nSPS) is 26.0. The second-order valence-electron chi connectivity index (χ2n) is 9.19. The lowest BCUT2D eigenvalue weighted by atomic mass is 9.82. The Morgan fingerprint density at radius 3 is 2.52 bits per heavy atom. The van der Waals surface area contributed by atoms with E-state index in [0.717, 1.165) is 74.3 Å². The number of carbonyl (C=O) groups excluding carboxylic acids is 1. The molecule has 4 atom stereocenters. The first-order valence-electron chi connectivity index (χ1n) is 11.3. The lowest BCUT2D eigenvalue weighted by Crippen LogP contribution is -2.59. The third-order valence-electron chi connectivity index (χ3n) is 7.12. The topological polar surface area (TPSA) is 85.8 Å². The molecule has 2 aromatic rings. The summed E-state index contributed by atoms with van der Waals surface area (Å²) >= 11 is 0. The molecule has 1 aromatic heterocycles. The fourth-order valence-corrected chi connectivity index (χ4v) is 5.75. The summed E-state index contributed by atoms with van der Waals surface area (Å²) in [7, 11) is 0. The SMILES string of the molecule is CC(Oc1ccc2c3c(c(=O)oc2c1)CCCC3)C(=O)N1[C@@H]2CCC[C@H]1CC(N)C2.Cl. The summed E-state index contributed by atoms with van der Waals surface area (Å²) in [5.41, 5.74) is 8.43. The molecular weight excluding hydrogens is 416 g/mol. The highest BCUT2D eigenvalue weighted by Crippen LogP contribution is 2.35. The van der Waals surface area contributed by atoms with E-state index in [2.05, 4.69) is 0 Å². The monoisotopic (exact) mass is 446 g/mol. The molecule has 1 aromatic carbocycles. The van der Waals surface area contributed by atoms with Crippen molar-refractivity contribution in [3.8, 4) is 5.75 Å². The van der Waals surface area contributed by atoms with E-state index in [-0.39, 0.29) is 42.1 Å². The molecule has 6 nitrogen and oxygen atoms in total. The fraction of sp³-hybridized carbons (Fsp3) is 0.583. The Kier molecular flexibility index (Phi) is 6.31. The van der Waals surface area contributed by atoms with Gasteiger partial charge in [0.05, 0.1) is 0 Å². The maximum Gasteiger partial charge on any atom is 0.339 e. The van der Waals surface area contributed by atoms with Crippen molar-refractivity contribution in [3.05, 3.63) is 39.7 Å². The van der Waals surface area contributed by atoms with Crippen LogP contribution in [0, 0.1) is 0 Å². The molecule has 2 bridgehead atoms. The maximum absolute atomic E-state index is 13.2. The Morgan fingerprint density at radius 1 is 1.13 bits per heavy atom. The molecule has 0 saturated carbocycles. The van der Waals surface area contributed by atoms with Crippen LogP contribution in [-0.4, -0.2) is 35.0 Å².